The van der Waals surface area contributed by atoms with Crippen molar-refractivity contribution in [3.8, 4) is 17.0 Å². The third-order valence-corrected chi connectivity index (χ3v) is 5.78. The molecule has 0 bridgehead atoms. The minimum absolute atomic E-state index is 0.351. The Labute approximate surface area is 185 Å². The fourth-order valence-electron chi connectivity index (χ4n) is 3.75. The van der Waals surface area contributed by atoms with Gasteiger partial charge in [0.15, 0.2) is 0 Å². The number of methoxy groups -OCH3 is 1. The van der Waals surface area contributed by atoms with Crippen LogP contribution in [0.2, 0.25) is 5.02 Å². The molecule has 3 rings (SSSR count). The summed E-state index contributed by atoms with van der Waals surface area (Å²) >= 11 is 6.22. The molecule has 1 aromatic heterocycles. The Bertz CT molecular complexity index is 972. The molecular formula is C25H32ClN3O. The SMILES string of the molecule is CCN(CC)CCCC(C)Nc1cc(-c2cccc(Cl)c2)nc2ccc(OC)cc12. The minimum atomic E-state index is 0.351. The van der Waals surface area contributed by atoms with E-state index in [2.05, 4.69) is 43.1 Å². The number of nitrogens with one attached hydrogen (secondary N) is 1. The molecule has 1 atom stereocenters. The van der Waals surface area contributed by atoms with E-state index in [9.17, 15) is 0 Å². The molecule has 0 amide bonds. The molecule has 3 aromatic rings. The summed E-state index contributed by atoms with van der Waals surface area (Å²) in [5.74, 6) is 0.831. The van der Waals surface area contributed by atoms with Gasteiger partial charge in [-0.05, 0) is 75.8 Å². The molecule has 0 saturated heterocycles. The summed E-state index contributed by atoms with van der Waals surface area (Å²) in [6.07, 6.45) is 2.28. The van der Waals surface area contributed by atoms with Gasteiger partial charge in [0.25, 0.3) is 0 Å². The number of aromatic nitrogens is 1. The molecule has 4 nitrogen and oxygen atoms in total. The van der Waals surface area contributed by atoms with Crippen LogP contribution in [0.15, 0.2) is 48.5 Å². The first kappa shape index (κ1) is 22.4. The number of hydrogen-bond acceptors (Lipinski definition) is 4. The van der Waals surface area contributed by atoms with Gasteiger partial charge in [0.1, 0.15) is 5.75 Å². The molecule has 0 aliphatic carbocycles. The van der Waals surface area contributed by atoms with Gasteiger partial charge >= 0.3 is 0 Å². The van der Waals surface area contributed by atoms with Crippen LogP contribution in [0, 0.1) is 0 Å². The summed E-state index contributed by atoms with van der Waals surface area (Å²) in [6, 6.07) is 16.3. The fourth-order valence-corrected chi connectivity index (χ4v) is 3.94. The van der Waals surface area contributed by atoms with Crippen molar-refractivity contribution in [2.45, 2.75) is 39.7 Å². The first-order valence-corrected chi connectivity index (χ1v) is 11.2. The number of benzene rings is 2. The molecule has 30 heavy (non-hydrogen) atoms. The number of rotatable bonds is 10. The van der Waals surface area contributed by atoms with Crippen LogP contribution in [-0.2, 0) is 0 Å². The van der Waals surface area contributed by atoms with Crippen molar-refractivity contribution in [1.29, 1.82) is 0 Å². The zero-order chi connectivity index (χ0) is 21.5. The maximum absolute atomic E-state index is 6.22. The molecule has 5 heteroatoms. The maximum Gasteiger partial charge on any atom is 0.119 e. The van der Waals surface area contributed by atoms with Gasteiger partial charge < -0.3 is 15.0 Å². The molecule has 0 aliphatic heterocycles. The zero-order valence-corrected chi connectivity index (χ0v) is 19.2. The van der Waals surface area contributed by atoms with E-state index < -0.39 is 0 Å². The van der Waals surface area contributed by atoms with Crippen LogP contribution in [0.25, 0.3) is 22.2 Å². The second kappa shape index (κ2) is 10.6. The Morgan fingerprint density at radius 2 is 1.90 bits per heavy atom. The molecule has 1 N–H and O–H groups in total. The molecule has 0 saturated carbocycles. The number of halogens is 1. The summed E-state index contributed by atoms with van der Waals surface area (Å²) < 4.78 is 5.45. The highest BCUT2D eigenvalue weighted by molar-refractivity contribution is 6.30. The third kappa shape index (κ3) is 5.65. The van der Waals surface area contributed by atoms with Crippen molar-refractivity contribution < 1.29 is 4.74 Å². The highest BCUT2D eigenvalue weighted by Crippen LogP contribution is 2.32. The Kier molecular flexibility index (Phi) is 7.94. The maximum atomic E-state index is 6.22. The molecule has 160 valence electrons. The van der Waals surface area contributed by atoms with Gasteiger partial charge in [0, 0.05) is 27.7 Å². The quantitative estimate of drug-likeness (QED) is 0.403. The summed E-state index contributed by atoms with van der Waals surface area (Å²) in [5.41, 5.74) is 3.93. The Morgan fingerprint density at radius 1 is 1.10 bits per heavy atom. The highest BCUT2D eigenvalue weighted by Gasteiger charge is 2.12. The van der Waals surface area contributed by atoms with E-state index in [4.69, 9.17) is 21.3 Å². The lowest BCUT2D eigenvalue weighted by atomic mass is 10.1. The first-order chi connectivity index (χ1) is 14.5. The van der Waals surface area contributed by atoms with E-state index in [1.807, 2.05) is 36.4 Å². The number of nitrogens with zero attached hydrogens (tertiary/aromatic N) is 2. The van der Waals surface area contributed by atoms with Crippen molar-refractivity contribution in [2.75, 3.05) is 32.1 Å². The van der Waals surface area contributed by atoms with Crippen molar-refractivity contribution in [1.82, 2.24) is 9.88 Å². The average Bonchev–Trinajstić information content (AvgIpc) is 2.76. The predicted molar refractivity (Wildman–Crippen MR) is 129 cm³/mol. The van der Waals surface area contributed by atoms with Gasteiger partial charge in [-0.25, -0.2) is 4.98 Å². The third-order valence-electron chi connectivity index (χ3n) is 5.54. The highest BCUT2D eigenvalue weighted by atomic mass is 35.5. The Balaban J connectivity index is 1.88. The molecule has 0 fully saturated rings. The van der Waals surface area contributed by atoms with E-state index in [0.29, 0.717) is 11.1 Å². The van der Waals surface area contributed by atoms with Gasteiger partial charge in [0.2, 0.25) is 0 Å². The number of ether oxygens (including phenoxy) is 1. The predicted octanol–water partition coefficient (Wildman–Crippen LogP) is 6.49. The van der Waals surface area contributed by atoms with Gasteiger partial charge in [-0.15, -0.1) is 0 Å². The van der Waals surface area contributed by atoms with E-state index >= 15 is 0 Å². The largest absolute Gasteiger partial charge is 0.497 e. The zero-order valence-electron chi connectivity index (χ0n) is 18.4. The summed E-state index contributed by atoms with van der Waals surface area (Å²) in [5, 5.41) is 5.50. The van der Waals surface area contributed by atoms with Crippen LogP contribution in [0.1, 0.15) is 33.6 Å². The Morgan fingerprint density at radius 3 is 2.60 bits per heavy atom. The second-order valence-electron chi connectivity index (χ2n) is 7.66. The van der Waals surface area contributed by atoms with Crippen LogP contribution < -0.4 is 10.1 Å². The van der Waals surface area contributed by atoms with Gasteiger partial charge in [-0.3, -0.25) is 0 Å². The summed E-state index contributed by atoms with van der Waals surface area (Å²) in [4.78, 5) is 7.35. The fraction of sp³-hybridized carbons (Fsp3) is 0.400. The lowest BCUT2D eigenvalue weighted by molar-refractivity contribution is 0.295. The monoisotopic (exact) mass is 425 g/mol. The van der Waals surface area contributed by atoms with Crippen molar-refractivity contribution in [3.05, 3.63) is 53.6 Å². The van der Waals surface area contributed by atoms with Gasteiger partial charge in [-0.1, -0.05) is 37.6 Å². The second-order valence-corrected chi connectivity index (χ2v) is 8.10. The van der Waals surface area contributed by atoms with Crippen LogP contribution >= 0.6 is 11.6 Å². The molecule has 0 aliphatic rings. The average molecular weight is 426 g/mol. The molecular weight excluding hydrogens is 394 g/mol. The molecule has 1 heterocycles. The molecule has 0 spiro atoms. The molecule has 2 aromatic carbocycles. The standard InChI is InChI=1S/C25H32ClN3O/c1-5-29(6-2)14-8-9-18(3)27-25-17-24(19-10-7-11-20(26)15-19)28-23-13-12-21(30-4)16-22(23)25/h7,10-13,15-18H,5-6,8-9,14H2,1-4H3,(H,27,28). The topological polar surface area (TPSA) is 37.4 Å². The van der Waals surface area contributed by atoms with Crippen LogP contribution in [-0.4, -0.2) is 42.7 Å². The van der Waals surface area contributed by atoms with Crippen LogP contribution in [0.5, 0.6) is 5.75 Å². The van der Waals surface area contributed by atoms with Gasteiger partial charge in [0.05, 0.1) is 18.3 Å². The lowest BCUT2D eigenvalue weighted by Gasteiger charge is -2.21. The number of fused-ring (bicyclic) bond motifs is 1. The van der Waals surface area contributed by atoms with E-state index in [0.717, 1.165) is 59.7 Å². The first-order valence-electron chi connectivity index (χ1n) is 10.8. The number of pyridine rings is 1. The smallest absolute Gasteiger partial charge is 0.119 e. The van der Waals surface area contributed by atoms with E-state index in [-0.39, 0.29) is 0 Å². The normalized spacial score (nSPS) is 12.3. The number of hydrogen-bond donors (Lipinski definition) is 1. The molecule has 0 radical (unpaired) electrons. The lowest BCUT2D eigenvalue weighted by Crippen LogP contribution is -2.25. The van der Waals surface area contributed by atoms with E-state index in [1.54, 1.807) is 7.11 Å². The van der Waals surface area contributed by atoms with Crippen LogP contribution in [0.4, 0.5) is 5.69 Å². The minimum Gasteiger partial charge on any atom is -0.497 e. The van der Waals surface area contributed by atoms with Crippen LogP contribution in [0.3, 0.4) is 0 Å². The molecule has 1 unspecified atom stereocenters. The van der Waals surface area contributed by atoms with Crippen molar-refractivity contribution in [2.24, 2.45) is 0 Å². The van der Waals surface area contributed by atoms with Crippen molar-refractivity contribution in [3.63, 3.8) is 0 Å². The summed E-state index contributed by atoms with van der Waals surface area (Å²) in [6.45, 7) is 10.0. The Hall–Kier alpha value is -2.30. The van der Waals surface area contributed by atoms with E-state index in [1.165, 1.54) is 6.42 Å². The van der Waals surface area contributed by atoms with Gasteiger partial charge in [-0.2, -0.15) is 0 Å². The van der Waals surface area contributed by atoms with Crippen molar-refractivity contribution >= 4 is 28.2 Å². The number of anilines is 1. The summed E-state index contributed by atoms with van der Waals surface area (Å²) in [7, 11) is 1.69.